The molecule has 0 bridgehead atoms. The molecule has 0 aromatic heterocycles. The Morgan fingerprint density at radius 1 is 1.25 bits per heavy atom. The molecule has 0 saturated heterocycles. The van der Waals surface area contributed by atoms with Crippen molar-refractivity contribution in [3.05, 3.63) is 36.4 Å². The molecule has 2 rings (SSSR count). The van der Waals surface area contributed by atoms with Gasteiger partial charge in [0.15, 0.2) is 6.61 Å². The van der Waals surface area contributed by atoms with Crippen molar-refractivity contribution in [2.24, 2.45) is 5.92 Å². The van der Waals surface area contributed by atoms with Gasteiger partial charge in [-0.3, -0.25) is 4.79 Å². The van der Waals surface area contributed by atoms with Gasteiger partial charge in [-0.1, -0.05) is 18.2 Å². The minimum absolute atomic E-state index is 0.0430. The molecule has 1 aromatic carbocycles. The first kappa shape index (κ1) is 17.8. The second kappa shape index (κ2) is 9.60. The highest BCUT2D eigenvalue weighted by molar-refractivity contribution is 5.89. The minimum atomic E-state index is -0.231. The van der Waals surface area contributed by atoms with Crippen molar-refractivity contribution < 1.29 is 14.3 Å². The van der Waals surface area contributed by atoms with Crippen LogP contribution in [-0.2, 0) is 4.79 Å². The molecule has 0 radical (unpaired) electrons. The zero-order valence-electron chi connectivity index (χ0n) is 14.0. The van der Waals surface area contributed by atoms with E-state index in [9.17, 15) is 9.59 Å². The number of benzene rings is 1. The number of hydrogen-bond acceptors (Lipinski definition) is 3. The maximum Gasteiger partial charge on any atom is 0.319 e. The number of allylic oxidation sites excluding steroid dienone is 2. The van der Waals surface area contributed by atoms with Gasteiger partial charge in [0.1, 0.15) is 5.75 Å². The Hall–Kier alpha value is -2.50. The molecule has 1 aromatic rings. The lowest BCUT2D eigenvalue weighted by atomic mass is 9.94. The standard InChI is InChI=1S/C18H25N3O3/c1-2-19-17(22)13-24-16-10-6-9-15(11-16)21-18(23)20-12-14-7-4-3-5-8-14/h3-4,6,9-11,14H,2,5,7-8,12-13H2,1H3,(H,19,22)(H2,20,21,23)/t14-/m0/s1. The highest BCUT2D eigenvalue weighted by atomic mass is 16.5. The van der Waals surface area contributed by atoms with Crippen molar-refractivity contribution in [3.63, 3.8) is 0 Å². The molecule has 0 unspecified atom stereocenters. The van der Waals surface area contributed by atoms with E-state index in [-0.39, 0.29) is 18.5 Å². The third kappa shape index (κ3) is 6.32. The summed E-state index contributed by atoms with van der Waals surface area (Å²) in [5.41, 5.74) is 0.629. The lowest BCUT2D eigenvalue weighted by Gasteiger charge is -2.18. The van der Waals surface area contributed by atoms with E-state index in [1.807, 2.05) is 6.92 Å². The van der Waals surface area contributed by atoms with Crippen LogP contribution in [0, 0.1) is 5.92 Å². The van der Waals surface area contributed by atoms with E-state index < -0.39 is 0 Å². The van der Waals surface area contributed by atoms with Gasteiger partial charge in [0, 0.05) is 24.8 Å². The normalized spacial score (nSPS) is 16.3. The molecule has 0 aliphatic heterocycles. The van der Waals surface area contributed by atoms with Crippen LogP contribution in [0.4, 0.5) is 10.5 Å². The third-order valence-corrected chi connectivity index (χ3v) is 3.76. The lowest BCUT2D eigenvalue weighted by molar-refractivity contribution is -0.122. The minimum Gasteiger partial charge on any atom is -0.484 e. The molecule has 24 heavy (non-hydrogen) atoms. The largest absolute Gasteiger partial charge is 0.484 e. The van der Waals surface area contributed by atoms with Gasteiger partial charge in [-0.05, 0) is 44.2 Å². The van der Waals surface area contributed by atoms with Gasteiger partial charge in [0.25, 0.3) is 5.91 Å². The molecule has 1 aliphatic rings. The molecule has 0 heterocycles. The van der Waals surface area contributed by atoms with Gasteiger partial charge in [-0.15, -0.1) is 0 Å². The van der Waals surface area contributed by atoms with Crippen molar-refractivity contribution in [1.29, 1.82) is 0 Å². The summed E-state index contributed by atoms with van der Waals surface area (Å²) in [7, 11) is 0. The van der Waals surface area contributed by atoms with E-state index in [0.29, 0.717) is 30.4 Å². The molecular weight excluding hydrogens is 306 g/mol. The number of likely N-dealkylation sites (N-methyl/N-ethyl adjacent to an activating group) is 1. The highest BCUT2D eigenvalue weighted by Crippen LogP contribution is 2.18. The van der Waals surface area contributed by atoms with E-state index in [0.717, 1.165) is 19.3 Å². The molecule has 3 N–H and O–H groups in total. The summed E-state index contributed by atoms with van der Waals surface area (Å²) in [6, 6.07) is 6.76. The number of amides is 3. The summed E-state index contributed by atoms with van der Waals surface area (Å²) in [6.07, 6.45) is 7.56. The number of nitrogens with one attached hydrogen (secondary N) is 3. The Labute approximate surface area is 142 Å². The summed E-state index contributed by atoms with van der Waals surface area (Å²) in [4.78, 5) is 23.4. The van der Waals surface area contributed by atoms with Crippen molar-refractivity contribution in [3.8, 4) is 5.75 Å². The van der Waals surface area contributed by atoms with Crippen molar-refractivity contribution in [2.45, 2.75) is 26.2 Å². The predicted octanol–water partition coefficient (Wildman–Crippen LogP) is 2.68. The molecule has 0 saturated carbocycles. The molecule has 0 spiro atoms. The molecule has 1 aliphatic carbocycles. The maximum absolute atomic E-state index is 12.0. The second-order valence-corrected chi connectivity index (χ2v) is 5.76. The topological polar surface area (TPSA) is 79.5 Å². The highest BCUT2D eigenvalue weighted by Gasteiger charge is 2.11. The zero-order chi connectivity index (χ0) is 17.2. The van der Waals surface area contributed by atoms with E-state index >= 15 is 0 Å². The first-order valence-electron chi connectivity index (χ1n) is 8.36. The van der Waals surface area contributed by atoms with Crippen LogP contribution in [0.1, 0.15) is 26.2 Å². The van der Waals surface area contributed by atoms with E-state index in [1.165, 1.54) is 0 Å². The SMILES string of the molecule is CCNC(=O)COc1cccc(NC(=O)NC[C@H]2CC=CCC2)c1. The number of hydrogen-bond donors (Lipinski definition) is 3. The number of rotatable bonds is 7. The molecular formula is C18H25N3O3. The summed E-state index contributed by atoms with van der Waals surface area (Å²) < 4.78 is 5.41. The fourth-order valence-electron chi connectivity index (χ4n) is 2.51. The Bertz CT molecular complexity index is 587. The fourth-order valence-corrected chi connectivity index (χ4v) is 2.51. The Kier molecular flexibility index (Phi) is 7.14. The molecule has 6 nitrogen and oxygen atoms in total. The molecule has 1 atom stereocenters. The van der Waals surface area contributed by atoms with Gasteiger partial charge in [-0.2, -0.15) is 0 Å². The van der Waals surface area contributed by atoms with Gasteiger partial charge < -0.3 is 20.7 Å². The summed E-state index contributed by atoms with van der Waals surface area (Å²) in [5.74, 6) is 0.874. The van der Waals surface area contributed by atoms with E-state index in [4.69, 9.17) is 4.74 Å². The average Bonchev–Trinajstić information content (AvgIpc) is 2.60. The fraction of sp³-hybridized carbons (Fsp3) is 0.444. The molecule has 130 valence electrons. The summed E-state index contributed by atoms with van der Waals surface area (Å²) >= 11 is 0. The predicted molar refractivity (Wildman–Crippen MR) is 94.1 cm³/mol. The Balaban J connectivity index is 1.77. The number of urea groups is 1. The molecule has 0 fully saturated rings. The van der Waals surface area contributed by atoms with Gasteiger partial charge >= 0.3 is 6.03 Å². The van der Waals surface area contributed by atoms with Crippen LogP contribution in [0.15, 0.2) is 36.4 Å². The zero-order valence-corrected chi connectivity index (χ0v) is 14.0. The number of carbonyl (C=O) groups excluding carboxylic acids is 2. The lowest BCUT2D eigenvalue weighted by Crippen LogP contribution is -2.33. The van der Waals surface area contributed by atoms with Gasteiger partial charge in [0.2, 0.25) is 0 Å². The van der Waals surface area contributed by atoms with E-state index in [2.05, 4.69) is 28.1 Å². The van der Waals surface area contributed by atoms with Gasteiger partial charge in [-0.25, -0.2) is 4.79 Å². The Morgan fingerprint density at radius 2 is 2.12 bits per heavy atom. The summed E-state index contributed by atoms with van der Waals surface area (Å²) in [5, 5.41) is 8.35. The Morgan fingerprint density at radius 3 is 2.88 bits per heavy atom. The first-order valence-corrected chi connectivity index (χ1v) is 8.36. The third-order valence-electron chi connectivity index (χ3n) is 3.76. The van der Waals surface area contributed by atoms with Crippen molar-refractivity contribution in [2.75, 3.05) is 25.0 Å². The van der Waals surface area contributed by atoms with E-state index in [1.54, 1.807) is 24.3 Å². The first-order chi connectivity index (χ1) is 11.7. The van der Waals surface area contributed by atoms with Crippen LogP contribution in [0.2, 0.25) is 0 Å². The smallest absolute Gasteiger partial charge is 0.319 e. The summed E-state index contributed by atoms with van der Waals surface area (Å²) in [6.45, 7) is 3.05. The van der Waals surface area contributed by atoms with Crippen molar-refractivity contribution in [1.82, 2.24) is 10.6 Å². The second-order valence-electron chi connectivity index (χ2n) is 5.76. The van der Waals surface area contributed by atoms with Crippen molar-refractivity contribution >= 4 is 17.6 Å². The van der Waals surface area contributed by atoms with Gasteiger partial charge in [0.05, 0.1) is 0 Å². The average molecular weight is 331 g/mol. The quantitative estimate of drug-likeness (QED) is 0.672. The maximum atomic E-state index is 12.0. The number of anilines is 1. The number of carbonyl (C=O) groups is 2. The van der Waals surface area contributed by atoms with Crippen LogP contribution in [0.3, 0.4) is 0 Å². The number of ether oxygens (including phenoxy) is 1. The monoisotopic (exact) mass is 331 g/mol. The molecule has 3 amide bonds. The van der Waals surface area contributed by atoms with Crippen LogP contribution in [0.25, 0.3) is 0 Å². The van der Waals surface area contributed by atoms with Crippen LogP contribution in [0.5, 0.6) is 5.75 Å². The van der Waals surface area contributed by atoms with Crippen LogP contribution >= 0.6 is 0 Å². The molecule has 6 heteroatoms. The van der Waals surface area contributed by atoms with Crippen LogP contribution < -0.4 is 20.7 Å². The van der Waals surface area contributed by atoms with Crippen LogP contribution in [-0.4, -0.2) is 31.6 Å².